The zero-order valence-corrected chi connectivity index (χ0v) is 9.46. The lowest BCUT2D eigenvalue weighted by Gasteiger charge is -2.20. The van der Waals surface area contributed by atoms with Gasteiger partial charge in [-0.15, -0.1) is 0 Å². The van der Waals surface area contributed by atoms with Crippen LogP contribution in [0.3, 0.4) is 0 Å². The predicted octanol–water partition coefficient (Wildman–Crippen LogP) is 0.491. The van der Waals surface area contributed by atoms with Crippen LogP contribution in [-0.2, 0) is 9.53 Å². The van der Waals surface area contributed by atoms with Gasteiger partial charge in [0.15, 0.2) is 0 Å². The van der Waals surface area contributed by atoms with Crippen LogP contribution >= 0.6 is 0 Å². The molecule has 0 saturated heterocycles. The Labute approximate surface area is 99.1 Å². The van der Waals surface area contributed by atoms with Crippen molar-refractivity contribution in [3.8, 4) is 6.07 Å². The number of hydrogen-bond acceptors (Lipinski definition) is 5. The number of carbonyl (C=O) groups is 1. The molecule has 6 nitrogen and oxygen atoms in total. The highest BCUT2D eigenvalue weighted by Gasteiger charge is 2.11. The average Bonchev–Trinajstić information content (AvgIpc) is 2.34. The fraction of sp³-hybridized carbons (Fsp3) is 0.364. The second kappa shape index (κ2) is 6.45. The fourth-order valence-electron chi connectivity index (χ4n) is 1.28. The molecule has 1 N–H and O–H groups in total. The van der Waals surface area contributed by atoms with Gasteiger partial charge >= 0.3 is 5.97 Å². The number of anilines is 1. The van der Waals surface area contributed by atoms with Crippen molar-refractivity contribution in [3.63, 3.8) is 0 Å². The minimum absolute atomic E-state index is 0.151. The second-order valence-electron chi connectivity index (χ2n) is 3.32. The number of rotatable bonds is 6. The summed E-state index contributed by atoms with van der Waals surface area (Å²) in [6.07, 6.45) is 1.41. The van der Waals surface area contributed by atoms with Gasteiger partial charge in [0, 0.05) is 19.9 Å². The Balaban J connectivity index is 2.80. The van der Waals surface area contributed by atoms with Gasteiger partial charge in [0.1, 0.15) is 18.4 Å². The van der Waals surface area contributed by atoms with Gasteiger partial charge in [0.05, 0.1) is 12.2 Å². The number of carboxylic acids is 1. The molecule has 0 bridgehead atoms. The summed E-state index contributed by atoms with van der Waals surface area (Å²) in [5.74, 6) is -0.421. The smallest absolute Gasteiger partial charge is 0.323 e. The van der Waals surface area contributed by atoms with Gasteiger partial charge in [-0.1, -0.05) is 0 Å². The van der Waals surface area contributed by atoms with E-state index < -0.39 is 5.97 Å². The normalized spacial score (nSPS) is 9.65. The van der Waals surface area contributed by atoms with Crippen LogP contribution < -0.4 is 4.90 Å². The van der Waals surface area contributed by atoms with Crippen molar-refractivity contribution < 1.29 is 14.6 Å². The van der Waals surface area contributed by atoms with Crippen molar-refractivity contribution in [2.75, 3.05) is 31.7 Å². The van der Waals surface area contributed by atoms with E-state index in [2.05, 4.69) is 4.98 Å². The zero-order valence-electron chi connectivity index (χ0n) is 9.46. The molecular formula is C11H13N3O3. The molecule has 0 atom stereocenters. The quantitative estimate of drug-likeness (QED) is 0.772. The largest absolute Gasteiger partial charge is 0.480 e. The van der Waals surface area contributed by atoms with E-state index in [0.717, 1.165) is 0 Å². The molecule has 1 rings (SSSR count). The number of nitriles is 1. The van der Waals surface area contributed by atoms with Gasteiger partial charge in [-0.2, -0.15) is 5.26 Å². The Bertz CT molecular complexity index is 411. The molecule has 1 aromatic heterocycles. The third kappa shape index (κ3) is 4.09. The summed E-state index contributed by atoms with van der Waals surface area (Å²) in [5.41, 5.74) is 0.441. The average molecular weight is 235 g/mol. The molecule has 0 amide bonds. The maximum atomic E-state index is 10.7. The first-order valence-corrected chi connectivity index (χ1v) is 4.99. The lowest BCUT2D eigenvalue weighted by atomic mass is 10.3. The number of aromatic nitrogens is 1. The number of carboxylic acid groups (broad SMARTS) is 1. The number of hydrogen-bond donors (Lipinski definition) is 1. The molecule has 1 aromatic rings. The first-order valence-electron chi connectivity index (χ1n) is 4.99. The van der Waals surface area contributed by atoms with Crippen LogP contribution in [0.25, 0.3) is 0 Å². The van der Waals surface area contributed by atoms with Crippen LogP contribution in [-0.4, -0.2) is 42.9 Å². The standard InChI is InChI=1S/C11H13N3O3/c1-17-5-4-14(8-11(15)16)10-3-2-9(6-12)7-13-10/h2-3,7H,4-5,8H2,1H3,(H,15,16). The van der Waals surface area contributed by atoms with Crippen LogP contribution in [0.1, 0.15) is 5.56 Å². The molecule has 6 heteroatoms. The van der Waals surface area contributed by atoms with Crippen molar-refractivity contribution in [2.24, 2.45) is 0 Å². The van der Waals surface area contributed by atoms with Crippen molar-refractivity contribution in [2.45, 2.75) is 0 Å². The molecule has 0 aliphatic heterocycles. The Morgan fingerprint density at radius 3 is 2.88 bits per heavy atom. The number of pyridine rings is 1. The second-order valence-corrected chi connectivity index (χ2v) is 3.32. The van der Waals surface area contributed by atoms with Crippen molar-refractivity contribution in [3.05, 3.63) is 23.9 Å². The molecule has 17 heavy (non-hydrogen) atoms. The molecule has 0 saturated carbocycles. The van der Waals surface area contributed by atoms with Crippen LogP contribution in [0, 0.1) is 11.3 Å². The summed E-state index contributed by atoms with van der Waals surface area (Å²) in [7, 11) is 1.55. The molecule has 0 aliphatic carbocycles. The van der Waals surface area contributed by atoms with E-state index in [1.54, 1.807) is 24.1 Å². The summed E-state index contributed by atoms with van der Waals surface area (Å²) in [6.45, 7) is 0.693. The van der Waals surface area contributed by atoms with Gasteiger partial charge < -0.3 is 14.7 Å². The fourth-order valence-corrected chi connectivity index (χ4v) is 1.28. The highest BCUT2D eigenvalue weighted by atomic mass is 16.5. The van der Waals surface area contributed by atoms with Crippen molar-refractivity contribution >= 4 is 11.8 Å². The lowest BCUT2D eigenvalue weighted by molar-refractivity contribution is -0.135. The Morgan fingerprint density at radius 2 is 2.41 bits per heavy atom. The van der Waals surface area contributed by atoms with Crippen LogP contribution in [0.4, 0.5) is 5.82 Å². The Kier molecular flexibility index (Phi) is 4.91. The van der Waals surface area contributed by atoms with Gasteiger partial charge in [0.2, 0.25) is 0 Å². The topological polar surface area (TPSA) is 86.5 Å². The van der Waals surface area contributed by atoms with E-state index in [0.29, 0.717) is 24.5 Å². The molecule has 0 fully saturated rings. The Hall–Kier alpha value is -2.13. The van der Waals surface area contributed by atoms with Crippen molar-refractivity contribution in [1.82, 2.24) is 4.98 Å². The molecule has 1 heterocycles. The summed E-state index contributed by atoms with van der Waals surface area (Å²) in [5, 5.41) is 17.4. The van der Waals surface area contributed by atoms with E-state index in [1.165, 1.54) is 6.20 Å². The molecule has 0 unspecified atom stereocenters. The highest BCUT2D eigenvalue weighted by Crippen LogP contribution is 2.10. The third-order valence-corrected chi connectivity index (χ3v) is 2.09. The van der Waals surface area contributed by atoms with Crippen molar-refractivity contribution in [1.29, 1.82) is 5.26 Å². The number of aliphatic carboxylic acids is 1. The zero-order chi connectivity index (χ0) is 12.7. The minimum atomic E-state index is -0.938. The lowest BCUT2D eigenvalue weighted by Crippen LogP contribution is -2.33. The summed E-state index contributed by atoms with van der Waals surface area (Å²) in [6, 6.07) is 5.18. The van der Waals surface area contributed by atoms with Gasteiger partial charge in [0.25, 0.3) is 0 Å². The number of ether oxygens (including phenoxy) is 1. The van der Waals surface area contributed by atoms with Crippen LogP contribution in [0.2, 0.25) is 0 Å². The monoisotopic (exact) mass is 235 g/mol. The summed E-state index contributed by atoms with van der Waals surface area (Å²) >= 11 is 0. The predicted molar refractivity (Wildman–Crippen MR) is 60.7 cm³/mol. The Morgan fingerprint density at radius 1 is 1.65 bits per heavy atom. The van der Waals surface area contributed by atoms with E-state index in [9.17, 15) is 4.79 Å². The molecule has 0 radical (unpaired) electrons. The highest BCUT2D eigenvalue weighted by molar-refractivity contribution is 5.73. The van der Waals surface area contributed by atoms with Gasteiger partial charge in [-0.05, 0) is 12.1 Å². The maximum absolute atomic E-state index is 10.7. The van der Waals surface area contributed by atoms with E-state index in [1.807, 2.05) is 6.07 Å². The number of methoxy groups -OCH3 is 1. The van der Waals surface area contributed by atoms with Crippen LogP contribution in [0.15, 0.2) is 18.3 Å². The van der Waals surface area contributed by atoms with Crippen LogP contribution in [0.5, 0.6) is 0 Å². The molecular weight excluding hydrogens is 222 g/mol. The van der Waals surface area contributed by atoms with E-state index >= 15 is 0 Å². The molecule has 0 aliphatic rings. The minimum Gasteiger partial charge on any atom is -0.480 e. The van der Waals surface area contributed by atoms with Gasteiger partial charge in [-0.25, -0.2) is 4.98 Å². The first-order chi connectivity index (χ1) is 8.17. The van der Waals surface area contributed by atoms with Gasteiger partial charge in [-0.3, -0.25) is 4.79 Å². The first kappa shape index (κ1) is 12.9. The molecule has 0 aromatic carbocycles. The summed E-state index contributed by atoms with van der Waals surface area (Å²) < 4.78 is 4.91. The van der Waals surface area contributed by atoms with E-state index in [-0.39, 0.29) is 6.54 Å². The third-order valence-electron chi connectivity index (χ3n) is 2.09. The van der Waals surface area contributed by atoms with E-state index in [4.69, 9.17) is 15.1 Å². The maximum Gasteiger partial charge on any atom is 0.323 e. The SMILES string of the molecule is COCCN(CC(=O)O)c1ccc(C#N)cn1. The summed E-state index contributed by atoms with van der Waals surface area (Å²) in [4.78, 5) is 16.3. The number of nitrogens with zero attached hydrogens (tertiary/aromatic N) is 3. The molecule has 90 valence electrons. The molecule has 0 spiro atoms.